The first-order valence-electron chi connectivity index (χ1n) is 7.22. The van der Waals surface area contributed by atoms with Gasteiger partial charge in [-0.05, 0) is 28.1 Å². The van der Waals surface area contributed by atoms with Gasteiger partial charge in [0.2, 0.25) is 11.9 Å². The van der Waals surface area contributed by atoms with Crippen molar-refractivity contribution in [3.05, 3.63) is 56.7 Å². The zero-order valence-corrected chi connectivity index (χ0v) is 14.7. The summed E-state index contributed by atoms with van der Waals surface area (Å²) in [6.07, 6.45) is -1.58. The summed E-state index contributed by atoms with van der Waals surface area (Å²) in [4.78, 5) is 31.4. The fourth-order valence-corrected chi connectivity index (χ4v) is 2.61. The van der Waals surface area contributed by atoms with Crippen molar-refractivity contribution in [3.8, 4) is 0 Å². The van der Waals surface area contributed by atoms with Gasteiger partial charge in [-0.2, -0.15) is 5.10 Å². The lowest BCUT2D eigenvalue weighted by molar-refractivity contribution is -0.117. The standard InChI is InChI=1S/C15H8BrF4N5O2/c16-8-2-1-7-10(11(8)18)12(13(19)20)24-25(14(7)27)5-9(26)23-15-21-3-6(17)4-22-15/h1-4,13H,5H2,(H,21,22,23,26). The topological polar surface area (TPSA) is 89.8 Å². The van der Waals surface area contributed by atoms with Crippen LogP contribution < -0.4 is 10.9 Å². The molecule has 2 heterocycles. The van der Waals surface area contributed by atoms with E-state index in [4.69, 9.17) is 0 Å². The number of hydrogen-bond donors (Lipinski definition) is 1. The molecule has 0 unspecified atom stereocenters. The third kappa shape index (κ3) is 3.79. The van der Waals surface area contributed by atoms with Crippen LogP contribution in [0.3, 0.4) is 0 Å². The average Bonchev–Trinajstić information content (AvgIpc) is 2.62. The van der Waals surface area contributed by atoms with E-state index in [1.54, 1.807) is 0 Å². The second kappa shape index (κ2) is 7.39. The molecule has 12 heteroatoms. The molecule has 0 aliphatic carbocycles. The van der Waals surface area contributed by atoms with E-state index in [1.165, 1.54) is 6.07 Å². The molecule has 1 aromatic carbocycles. The van der Waals surface area contributed by atoms with E-state index < -0.39 is 47.2 Å². The molecule has 0 atom stereocenters. The Balaban J connectivity index is 2.00. The number of alkyl halides is 2. The Bertz CT molecular complexity index is 1090. The zero-order chi connectivity index (χ0) is 19.7. The summed E-state index contributed by atoms with van der Waals surface area (Å²) < 4.78 is 54.0. The molecule has 3 rings (SSSR count). The van der Waals surface area contributed by atoms with E-state index in [1.807, 2.05) is 0 Å². The maximum absolute atomic E-state index is 14.2. The smallest absolute Gasteiger partial charge is 0.282 e. The van der Waals surface area contributed by atoms with E-state index in [2.05, 4.69) is 36.3 Å². The number of anilines is 1. The summed E-state index contributed by atoms with van der Waals surface area (Å²) in [6, 6.07) is 2.33. The molecule has 0 fully saturated rings. The Kier molecular flexibility index (Phi) is 5.17. The van der Waals surface area contributed by atoms with Gasteiger partial charge >= 0.3 is 0 Å². The summed E-state index contributed by atoms with van der Waals surface area (Å²) >= 11 is 2.86. The molecule has 0 saturated heterocycles. The summed E-state index contributed by atoms with van der Waals surface area (Å²) in [5.74, 6) is -2.90. The van der Waals surface area contributed by atoms with E-state index in [9.17, 15) is 27.2 Å². The largest absolute Gasteiger partial charge is 0.293 e. The minimum absolute atomic E-state index is 0.109. The number of fused-ring (bicyclic) bond motifs is 1. The summed E-state index contributed by atoms with van der Waals surface area (Å²) in [5, 5.41) is 4.62. The van der Waals surface area contributed by atoms with Crippen molar-refractivity contribution in [3.63, 3.8) is 0 Å². The lowest BCUT2D eigenvalue weighted by Crippen LogP contribution is -2.31. The molecule has 2 aromatic heterocycles. The van der Waals surface area contributed by atoms with E-state index >= 15 is 0 Å². The van der Waals surface area contributed by atoms with Crippen molar-refractivity contribution >= 4 is 38.6 Å². The highest BCUT2D eigenvalue weighted by Crippen LogP contribution is 2.29. The fraction of sp³-hybridized carbons (Fsp3) is 0.133. The van der Waals surface area contributed by atoms with Crippen LogP contribution in [-0.4, -0.2) is 25.7 Å². The van der Waals surface area contributed by atoms with Gasteiger partial charge in [-0.3, -0.25) is 14.9 Å². The number of rotatable bonds is 4. The molecule has 0 spiro atoms. The second-order valence-electron chi connectivity index (χ2n) is 5.21. The molecule has 0 bridgehead atoms. The molecule has 3 aromatic rings. The Morgan fingerprint density at radius 2 is 1.89 bits per heavy atom. The molecule has 0 aliphatic rings. The molecule has 140 valence electrons. The van der Waals surface area contributed by atoms with Crippen LogP contribution in [0.25, 0.3) is 10.8 Å². The van der Waals surface area contributed by atoms with Crippen LogP contribution in [0.15, 0.2) is 33.8 Å². The summed E-state index contributed by atoms with van der Waals surface area (Å²) in [5.41, 5.74) is -1.91. The highest BCUT2D eigenvalue weighted by Gasteiger charge is 2.23. The van der Waals surface area contributed by atoms with Crippen molar-refractivity contribution in [1.82, 2.24) is 19.7 Å². The van der Waals surface area contributed by atoms with Gasteiger partial charge in [0.25, 0.3) is 12.0 Å². The second-order valence-corrected chi connectivity index (χ2v) is 6.06. The Hall–Kier alpha value is -2.89. The molecule has 27 heavy (non-hydrogen) atoms. The normalized spacial score (nSPS) is 11.2. The van der Waals surface area contributed by atoms with Gasteiger partial charge in [0.1, 0.15) is 18.1 Å². The van der Waals surface area contributed by atoms with Crippen LogP contribution in [0.1, 0.15) is 12.1 Å². The van der Waals surface area contributed by atoms with Crippen LogP contribution in [0.2, 0.25) is 0 Å². The van der Waals surface area contributed by atoms with Crippen LogP contribution in [-0.2, 0) is 11.3 Å². The lowest BCUT2D eigenvalue weighted by atomic mass is 10.1. The maximum Gasteiger partial charge on any atom is 0.282 e. The van der Waals surface area contributed by atoms with E-state index in [0.717, 1.165) is 18.5 Å². The first-order chi connectivity index (χ1) is 12.8. The Morgan fingerprint density at radius 3 is 2.52 bits per heavy atom. The van der Waals surface area contributed by atoms with Crippen molar-refractivity contribution in [1.29, 1.82) is 0 Å². The number of carbonyl (C=O) groups excluding carboxylic acids is 1. The summed E-state index contributed by atoms with van der Waals surface area (Å²) in [7, 11) is 0. The SMILES string of the molecule is O=C(Cn1nc(C(F)F)c2c(F)c(Br)ccc2c1=O)Nc1ncc(F)cn1. The Labute approximate surface area is 156 Å². The number of halogens is 5. The quantitative estimate of drug-likeness (QED) is 0.623. The van der Waals surface area contributed by atoms with Gasteiger partial charge in [-0.15, -0.1) is 0 Å². The molecule has 1 N–H and O–H groups in total. The van der Waals surface area contributed by atoms with Gasteiger partial charge < -0.3 is 0 Å². The van der Waals surface area contributed by atoms with Crippen molar-refractivity contribution in [2.45, 2.75) is 13.0 Å². The van der Waals surface area contributed by atoms with Crippen molar-refractivity contribution in [2.24, 2.45) is 0 Å². The fourth-order valence-electron chi connectivity index (χ4n) is 2.28. The number of benzene rings is 1. The molecule has 1 amide bonds. The molecular weight excluding hydrogens is 438 g/mol. The van der Waals surface area contributed by atoms with Gasteiger partial charge in [0.15, 0.2) is 5.82 Å². The molecule has 0 saturated carbocycles. The highest BCUT2D eigenvalue weighted by molar-refractivity contribution is 9.10. The first-order valence-corrected chi connectivity index (χ1v) is 8.01. The third-order valence-electron chi connectivity index (χ3n) is 3.42. The van der Waals surface area contributed by atoms with Crippen LogP contribution in [0.4, 0.5) is 23.5 Å². The average molecular weight is 446 g/mol. The van der Waals surface area contributed by atoms with E-state index in [-0.39, 0.29) is 15.8 Å². The highest BCUT2D eigenvalue weighted by atomic mass is 79.9. The predicted octanol–water partition coefficient (Wildman–Crippen LogP) is 2.80. The predicted molar refractivity (Wildman–Crippen MR) is 89.2 cm³/mol. The third-order valence-corrected chi connectivity index (χ3v) is 4.03. The molecule has 7 nitrogen and oxygen atoms in total. The van der Waals surface area contributed by atoms with E-state index in [0.29, 0.717) is 4.68 Å². The number of hydrogen-bond acceptors (Lipinski definition) is 5. The molecule has 0 aliphatic heterocycles. The number of nitrogens with one attached hydrogen (secondary N) is 1. The van der Waals surface area contributed by atoms with Crippen molar-refractivity contribution < 1.29 is 22.4 Å². The van der Waals surface area contributed by atoms with Crippen LogP contribution in [0.5, 0.6) is 0 Å². The summed E-state index contributed by atoms with van der Waals surface area (Å²) in [6.45, 7) is -0.757. The van der Waals surface area contributed by atoms with Crippen LogP contribution >= 0.6 is 15.9 Å². The number of carbonyl (C=O) groups is 1. The zero-order valence-electron chi connectivity index (χ0n) is 13.1. The maximum atomic E-state index is 14.2. The number of nitrogens with zero attached hydrogens (tertiary/aromatic N) is 4. The minimum Gasteiger partial charge on any atom is -0.293 e. The Morgan fingerprint density at radius 1 is 1.22 bits per heavy atom. The van der Waals surface area contributed by atoms with Gasteiger partial charge in [-0.1, -0.05) is 0 Å². The number of aromatic nitrogens is 4. The van der Waals surface area contributed by atoms with Gasteiger partial charge in [0.05, 0.1) is 27.6 Å². The monoisotopic (exact) mass is 445 g/mol. The molecular formula is C15H8BrF4N5O2. The number of amides is 1. The lowest BCUT2D eigenvalue weighted by Gasteiger charge is -2.11. The van der Waals surface area contributed by atoms with Crippen LogP contribution in [0, 0.1) is 11.6 Å². The van der Waals surface area contributed by atoms with Gasteiger partial charge in [0, 0.05) is 0 Å². The first kappa shape index (κ1) is 18.9. The minimum atomic E-state index is -3.19. The molecule has 0 radical (unpaired) electrons. The van der Waals surface area contributed by atoms with Gasteiger partial charge in [-0.25, -0.2) is 32.2 Å². The van der Waals surface area contributed by atoms with Crippen molar-refractivity contribution in [2.75, 3.05) is 5.32 Å².